The third-order valence-electron chi connectivity index (χ3n) is 4.47. The molecule has 0 unspecified atom stereocenters. The Balaban J connectivity index is 1.67. The molecule has 0 saturated carbocycles. The molecular weight excluding hydrogens is 378 g/mol. The number of nitrogens with zero attached hydrogens (tertiary/aromatic N) is 2. The van der Waals surface area contributed by atoms with Gasteiger partial charge in [-0.15, -0.1) is 0 Å². The third kappa shape index (κ3) is 4.63. The highest BCUT2D eigenvalue weighted by molar-refractivity contribution is 5.99. The first kappa shape index (κ1) is 20.1. The zero-order valence-electron chi connectivity index (χ0n) is 16.1. The van der Waals surface area contributed by atoms with Crippen molar-refractivity contribution in [2.75, 3.05) is 31.6 Å². The van der Waals surface area contributed by atoms with Crippen molar-refractivity contribution < 1.29 is 24.0 Å². The molecule has 1 aliphatic heterocycles. The Morgan fingerprint density at radius 2 is 1.86 bits per heavy atom. The van der Waals surface area contributed by atoms with Crippen molar-refractivity contribution in [3.8, 4) is 11.5 Å². The van der Waals surface area contributed by atoms with Gasteiger partial charge in [-0.3, -0.25) is 19.7 Å². The Morgan fingerprint density at radius 3 is 2.52 bits per heavy atom. The SMILES string of the molecule is CCN(CC(=O)Nc1ccc2c(c1)OCCO2)C(=O)c1ccc([N+](=O)[O-])c(C)c1. The number of carbonyl (C=O) groups is 2. The number of nitro benzene ring substituents is 1. The second kappa shape index (κ2) is 8.59. The molecule has 0 fully saturated rings. The number of nitrogens with one attached hydrogen (secondary N) is 1. The smallest absolute Gasteiger partial charge is 0.272 e. The number of nitro groups is 1. The monoisotopic (exact) mass is 399 g/mol. The van der Waals surface area contributed by atoms with Crippen LogP contribution >= 0.6 is 0 Å². The molecule has 0 radical (unpaired) electrons. The first-order valence-electron chi connectivity index (χ1n) is 9.13. The van der Waals surface area contributed by atoms with Crippen LogP contribution in [0.25, 0.3) is 0 Å². The number of rotatable bonds is 6. The Kier molecular flexibility index (Phi) is 5.96. The van der Waals surface area contributed by atoms with E-state index in [-0.39, 0.29) is 24.0 Å². The highest BCUT2D eigenvalue weighted by atomic mass is 16.6. The molecule has 0 spiro atoms. The summed E-state index contributed by atoms with van der Waals surface area (Å²) in [6, 6.07) is 9.24. The second-order valence-electron chi connectivity index (χ2n) is 6.48. The number of ether oxygens (including phenoxy) is 2. The van der Waals surface area contributed by atoms with E-state index in [1.807, 2.05) is 0 Å². The minimum absolute atomic E-state index is 0.0547. The molecule has 2 aromatic carbocycles. The topological polar surface area (TPSA) is 111 Å². The van der Waals surface area contributed by atoms with Gasteiger partial charge in [0, 0.05) is 35.5 Å². The quantitative estimate of drug-likeness (QED) is 0.591. The summed E-state index contributed by atoms with van der Waals surface area (Å²) in [5, 5.41) is 13.7. The lowest BCUT2D eigenvalue weighted by Crippen LogP contribution is -2.37. The Morgan fingerprint density at radius 1 is 1.14 bits per heavy atom. The third-order valence-corrected chi connectivity index (χ3v) is 4.47. The van der Waals surface area contributed by atoms with Crippen LogP contribution in [0.1, 0.15) is 22.8 Å². The van der Waals surface area contributed by atoms with Crippen LogP contribution in [0.5, 0.6) is 11.5 Å². The van der Waals surface area contributed by atoms with Crippen LogP contribution in [0.4, 0.5) is 11.4 Å². The van der Waals surface area contributed by atoms with Crippen molar-refractivity contribution in [2.24, 2.45) is 0 Å². The lowest BCUT2D eigenvalue weighted by molar-refractivity contribution is -0.385. The highest BCUT2D eigenvalue weighted by Gasteiger charge is 2.20. The van der Waals surface area contributed by atoms with E-state index in [0.717, 1.165) is 0 Å². The standard InChI is InChI=1S/C20H21N3O6/c1-3-22(20(25)14-4-6-16(23(26)27)13(2)10-14)12-19(24)21-15-5-7-17-18(11-15)29-9-8-28-17/h4-7,10-11H,3,8-9,12H2,1-2H3,(H,21,24). The summed E-state index contributed by atoms with van der Waals surface area (Å²) >= 11 is 0. The van der Waals surface area contributed by atoms with Gasteiger partial charge in [-0.2, -0.15) is 0 Å². The number of carbonyl (C=O) groups excluding carboxylic acids is 2. The molecule has 9 heteroatoms. The number of benzene rings is 2. The van der Waals surface area contributed by atoms with Crippen LogP contribution in [0.15, 0.2) is 36.4 Å². The lowest BCUT2D eigenvalue weighted by Gasteiger charge is -2.21. The molecule has 0 aromatic heterocycles. The average Bonchev–Trinajstić information content (AvgIpc) is 2.71. The van der Waals surface area contributed by atoms with E-state index in [1.165, 1.54) is 23.1 Å². The van der Waals surface area contributed by atoms with Gasteiger partial charge in [0.1, 0.15) is 19.8 Å². The van der Waals surface area contributed by atoms with Gasteiger partial charge in [-0.1, -0.05) is 0 Å². The summed E-state index contributed by atoms with van der Waals surface area (Å²) in [5.74, 6) is 0.435. The summed E-state index contributed by atoms with van der Waals surface area (Å²) in [7, 11) is 0. The number of hydrogen-bond donors (Lipinski definition) is 1. The van der Waals surface area contributed by atoms with Gasteiger partial charge in [-0.05, 0) is 38.1 Å². The first-order chi connectivity index (χ1) is 13.9. The molecule has 152 valence electrons. The number of aryl methyl sites for hydroxylation is 1. The van der Waals surface area contributed by atoms with Crippen LogP contribution in [-0.4, -0.2) is 47.9 Å². The van der Waals surface area contributed by atoms with E-state index in [1.54, 1.807) is 32.0 Å². The zero-order valence-corrected chi connectivity index (χ0v) is 16.1. The number of amides is 2. The Labute approximate surface area is 167 Å². The van der Waals surface area contributed by atoms with Crippen molar-refractivity contribution in [2.45, 2.75) is 13.8 Å². The molecule has 0 atom stereocenters. The fourth-order valence-electron chi connectivity index (χ4n) is 3.00. The van der Waals surface area contributed by atoms with Crippen molar-refractivity contribution in [3.63, 3.8) is 0 Å². The summed E-state index contributed by atoms with van der Waals surface area (Å²) in [4.78, 5) is 37.0. The van der Waals surface area contributed by atoms with E-state index >= 15 is 0 Å². The molecule has 2 amide bonds. The van der Waals surface area contributed by atoms with Crippen LogP contribution in [-0.2, 0) is 4.79 Å². The van der Waals surface area contributed by atoms with Gasteiger partial charge in [0.05, 0.1) is 4.92 Å². The van der Waals surface area contributed by atoms with Crippen LogP contribution in [0, 0.1) is 17.0 Å². The maximum Gasteiger partial charge on any atom is 0.272 e. The van der Waals surface area contributed by atoms with Gasteiger partial charge in [0.2, 0.25) is 5.91 Å². The van der Waals surface area contributed by atoms with Gasteiger partial charge >= 0.3 is 0 Å². The number of hydrogen-bond acceptors (Lipinski definition) is 6. The molecule has 1 N–H and O–H groups in total. The fraction of sp³-hybridized carbons (Fsp3) is 0.300. The molecular formula is C20H21N3O6. The number of anilines is 1. The van der Waals surface area contributed by atoms with Gasteiger partial charge in [0.15, 0.2) is 11.5 Å². The highest BCUT2D eigenvalue weighted by Crippen LogP contribution is 2.32. The predicted molar refractivity (Wildman–Crippen MR) is 105 cm³/mol. The minimum Gasteiger partial charge on any atom is -0.486 e. The molecule has 1 heterocycles. The van der Waals surface area contributed by atoms with Crippen LogP contribution in [0.2, 0.25) is 0 Å². The largest absolute Gasteiger partial charge is 0.486 e. The predicted octanol–water partition coefficient (Wildman–Crippen LogP) is 2.78. The van der Waals surface area contributed by atoms with Gasteiger partial charge in [0.25, 0.3) is 11.6 Å². The van der Waals surface area contributed by atoms with Crippen molar-refractivity contribution >= 4 is 23.2 Å². The molecule has 0 saturated heterocycles. The van der Waals surface area contributed by atoms with E-state index in [2.05, 4.69) is 5.32 Å². The van der Waals surface area contributed by atoms with E-state index in [9.17, 15) is 19.7 Å². The summed E-state index contributed by atoms with van der Waals surface area (Å²) in [6.07, 6.45) is 0. The van der Waals surface area contributed by atoms with Crippen molar-refractivity contribution in [1.29, 1.82) is 0 Å². The molecule has 3 rings (SSSR count). The zero-order chi connectivity index (χ0) is 21.0. The molecule has 9 nitrogen and oxygen atoms in total. The van der Waals surface area contributed by atoms with E-state index < -0.39 is 4.92 Å². The molecule has 29 heavy (non-hydrogen) atoms. The van der Waals surface area contributed by atoms with E-state index in [0.29, 0.717) is 48.1 Å². The maximum atomic E-state index is 12.7. The van der Waals surface area contributed by atoms with Gasteiger partial charge < -0.3 is 19.7 Å². The van der Waals surface area contributed by atoms with E-state index in [4.69, 9.17) is 9.47 Å². The molecule has 0 aliphatic carbocycles. The molecule has 2 aromatic rings. The lowest BCUT2D eigenvalue weighted by atomic mass is 10.1. The fourth-order valence-corrected chi connectivity index (χ4v) is 3.00. The summed E-state index contributed by atoms with van der Waals surface area (Å²) in [6.45, 7) is 4.40. The average molecular weight is 399 g/mol. The minimum atomic E-state index is -0.498. The second-order valence-corrected chi connectivity index (χ2v) is 6.48. The molecule has 0 bridgehead atoms. The number of likely N-dealkylation sites (N-methyl/N-ethyl adjacent to an activating group) is 1. The normalized spacial score (nSPS) is 12.2. The Bertz CT molecular complexity index is 959. The van der Waals surface area contributed by atoms with Gasteiger partial charge in [-0.25, -0.2) is 0 Å². The first-order valence-corrected chi connectivity index (χ1v) is 9.13. The Hall–Kier alpha value is -3.62. The molecule has 1 aliphatic rings. The maximum absolute atomic E-state index is 12.7. The van der Waals surface area contributed by atoms with Crippen LogP contribution < -0.4 is 14.8 Å². The summed E-state index contributed by atoms with van der Waals surface area (Å²) < 4.78 is 10.9. The van der Waals surface area contributed by atoms with Crippen LogP contribution in [0.3, 0.4) is 0 Å². The van der Waals surface area contributed by atoms with Crippen molar-refractivity contribution in [1.82, 2.24) is 4.90 Å². The summed E-state index contributed by atoms with van der Waals surface area (Å²) in [5.41, 5.74) is 1.16. The van der Waals surface area contributed by atoms with Crippen molar-refractivity contribution in [3.05, 3.63) is 57.6 Å². The number of fused-ring (bicyclic) bond motifs is 1.